The number of non-ortho nitro benzene ring substituents is 1. The highest BCUT2D eigenvalue weighted by atomic mass is 35.5. The summed E-state index contributed by atoms with van der Waals surface area (Å²) in [7, 11) is 0. The average molecular weight is 341 g/mol. The van der Waals surface area contributed by atoms with Gasteiger partial charge in [-0.15, -0.1) is 0 Å². The lowest BCUT2D eigenvalue weighted by molar-refractivity contribution is -0.384. The van der Waals surface area contributed by atoms with Crippen LogP contribution in [0.5, 0.6) is 5.75 Å². The van der Waals surface area contributed by atoms with Crippen LogP contribution in [0.4, 0.5) is 11.4 Å². The second kappa shape index (κ2) is 6.64. The minimum Gasteiger partial charge on any atom is -0.506 e. The van der Waals surface area contributed by atoms with E-state index >= 15 is 0 Å². The molecule has 0 saturated carbocycles. The van der Waals surface area contributed by atoms with Crippen LogP contribution in [0, 0.1) is 10.1 Å². The summed E-state index contributed by atoms with van der Waals surface area (Å²) in [5, 5.41) is 23.4. The fourth-order valence-corrected chi connectivity index (χ4v) is 2.32. The van der Waals surface area contributed by atoms with Crippen LogP contribution in [0.2, 0.25) is 10.0 Å². The molecule has 0 spiro atoms. The highest BCUT2D eigenvalue weighted by Crippen LogP contribution is 2.29. The van der Waals surface area contributed by atoms with Crippen molar-refractivity contribution in [3.8, 4) is 5.75 Å². The number of hydrogen-bond donors (Lipinski definition) is 2. The molecule has 2 aromatic carbocycles. The largest absolute Gasteiger partial charge is 0.506 e. The van der Waals surface area contributed by atoms with Gasteiger partial charge in [-0.1, -0.05) is 29.3 Å². The van der Waals surface area contributed by atoms with E-state index in [2.05, 4.69) is 5.32 Å². The van der Waals surface area contributed by atoms with E-state index in [1.165, 1.54) is 0 Å². The molecule has 0 atom stereocenters. The molecule has 0 aliphatic carbocycles. The number of halogens is 2. The third-order valence-corrected chi connectivity index (χ3v) is 3.57. The SMILES string of the molecule is O=C(Cc1c(Cl)cccc1Cl)Nc1cc([N+](=O)[O-])ccc1O. The molecular weight excluding hydrogens is 331 g/mol. The Kier molecular flexibility index (Phi) is 4.85. The topological polar surface area (TPSA) is 92.5 Å². The number of anilines is 1. The standard InChI is InChI=1S/C14H10Cl2N2O4/c15-10-2-1-3-11(16)9(10)7-14(20)17-12-6-8(18(21)22)4-5-13(12)19/h1-6,19H,7H2,(H,17,20). The molecule has 0 saturated heterocycles. The van der Waals surface area contributed by atoms with Gasteiger partial charge in [0.2, 0.25) is 5.91 Å². The zero-order valence-corrected chi connectivity index (χ0v) is 12.6. The molecule has 0 unspecified atom stereocenters. The van der Waals surface area contributed by atoms with Crippen molar-refractivity contribution in [1.29, 1.82) is 0 Å². The number of rotatable bonds is 4. The highest BCUT2D eigenvalue weighted by molar-refractivity contribution is 6.36. The molecule has 22 heavy (non-hydrogen) atoms. The maximum absolute atomic E-state index is 12.0. The lowest BCUT2D eigenvalue weighted by Gasteiger charge is -2.09. The number of phenols is 1. The van der Waals surface area contributed by atoms with Crippen molar-refractivity contribution in [3.05, 3.63) is 62.1 Å². The molecule has 0 bridgehead atoms. The van der Waals surface area contributed by atoms with Crippen LogP contribution in [-0.2, 0) is 11.2 Å². The van der Waals surface area contributed by atoms with Crippen LogP contribution in [-0.4, -0.2) is 15.9 Å². The summed E-state index contributed by atoms with van der Waals surface area (Å²) in [4.78, 5) is 22.1. The number of carbonyl (C=O) groups is 1. The molecule has 0 fully saturated rings. The first kappa shape index (κ1) is 16.1. The predicted octanol–water partition coefficient (Wildman–Crippen LogP) is 3.79. The van der Waals surface area contributed by atoms with E-state index in [0.29, 0.717) is 15.6 Å². The van der Waals surface area contributed by atoms with E-state index in [0.717, 1.165) is 18.2 Å². The molecule has 114 valence electrons. The average Bonchev–Trinajstić information content (AvgIpc) is 2.45. The monoisotopic (exact) mass is 340 g/mol. The normalized spacial score (nSPS) is 10.3. The Morgan fingerprint density at radius 1 is 1.23 bits per heavy atom. The van der Waals surface area contributed by atoms with Crippen LogP contribution in [0.3, 0.4) is 0 Å². The van der Waals surface area contributed by atoms with Gasteiger partial charge < -0.3 is 10.4 Å². The minimum atomic E-state index is -0.625. The van der Waals surface area contributed by atoms with E-state index in [9.17, 15) is 20.0 Å². The molecule has 2 N–H and O–H groups in total. The Hall–Kier alpha value is -2.31. The number of hydrogen-bond acceptors (Lipinski definition) is 4. The molecule has 2 rings (SSSR count). The second-order valence-corrected chi connectivity index (χ2v) is 5.20. The third kappa shape index (κ3) is 3.66. The maximum atomic E-state index is 12.0. The lowest BCUT2D eigenvalue weighted by atomic mass is 10.1. The number of nitro groups is 1. The summed E-state index contributed by atoms with van der Waals surface area (Å²) in [6.07, 6.45) is -0.124. The van der Waals surface area contributed by atoms with Crippen molar-refractivity contribution in [2.24, 2.45) is 0 Å². The molecule has 8 heteroatoms. The number of benzene rings is 2. The fourth-order valence-electron chi connectivity index (χ4n) is 1.79. The summed E-state index contributed by atoms with van der Waals surface area (Å²) in [5.74, 6) is -0.782. The molecule has 0 aromatic heterocycles. The van der Waals surface area contributed by atoms with Crippen LogP contribution >= 0.6 is 23.2 Å². The smallest absolute Gasteiger partial charge is 0.271 e. The quantitative estimate of drug-likeness (QED) is 0.503. The van der Waals surface area contributed by atoms with Gasteiger partial charge in [-0.25, -0.2) is 0 Å². The highest BCUT2D eigenvalue weighted by Gasteiger charge is 2.15. The predicted molar refractivity (Wildman–Crippen MR) is 83.6 cm³/mol. The minimum absolute atomic E-state index is 0.0534. The van der Waals surface area contributed by atoms with E-state index in [1.807, 2.05) is 0 Å². The van der Waals surface area contributed by atoms with E-state index in [4.69, 9.17) is 23.2 Å². The molecule has 0 aliphatic heterocycles. The summed E-state index contributed by atoms with van der Waals surface area (Å²) in [6, 6.07) is 8.19. The van der Waals surface area contributed by atoms with Gasteiger partial charge in [-0.3, -0.25) is 14.9 Å². The molecule has 1 amide bonds. The van der Waals surface area contributed by atoms with Gasteiger partial charge in [-0.05, 0) is 23.8 Å². The third-order valence-electron chi connectivity index (χ3n) is 2.86. The molecule has 0 heterocycles. The molecule has 2 aromatic rings. The Morgan fingerprint density at radius 3 is 2.45 bits per heavy atom. The van der Waals surface area contributed by atoms with Crippen molar-refractivity contribution in [1.82, 2.24) is 0 Å². The van der Waals surface area contributed by atoms with Gasteiger partial charge in [-0.2, -0.15) is 0 Å². The van der Waals surface area contributed by atoms with E-state index < -0.39 is 10.8 Å². The van der Waals surface area contributed by atoms with Gasteiger partial charge >= 0.3 is 0 Å². The van der Waals surface area contributed by atoms with Gasteiger partial charge in [0, 0.05) is 22.2 Å². The zero-order valence-electron chi connectivity index (χ0n) is 11.0. The lowest BCUT2D eigenvalue weighted by Crippen LogP contribution is -2.15. The molecule has 6 nitrogen and oxygen atoms in total. The summed E-state index contributed by atoms with van der Waals surface area (Å²) in [6.45, 7) is 0. The second-order valence-electron chi connectivity index (χ2n) is 4.38. The van der Waals surface area contributed by atoms with E-state index in [-0.39, 0.29) is 23.5 Å². The number of phenolic OH excluding ortho intramolecular Hbond substituents is 1. The van der Waals surface area contributed by atoms with E-state index in [1.54, 1.807) is 18.2 Å². The van der Waals surface area contributed by atoms with Crippen LogP contribution < -0.4 is 5.32 Å². The summed E-state index contributed by atoms with van der Waals surface area (Å²) in [5.41, 5.74) is 0.138. The first-order chi connectivity index (χ1) is 10.4. The fraction of sp³-hybridized carbons (Fsp3) is 0.0714. The van der Waals surface area contributed by atoms with Crippen molar-refractivity contribution in [2.75, 3.05) is 5.32 Å². The van der Waals surface area contributed by atoms with Crippen LogP contribution in [0.1, 0.15) is 5.56 Å². The molecule has 0 aliphatic rings. The Bertz CT molecular complexity index is 729. The maximum Gasteiger partial charge on any atom is 0.271 e. The Labute approximate surface area is 135 Å². The van der Waals surface area contributed by atoms with Crippen molar-refractivity contribution in [3.63, 3.8) is 0 Å². The van der Waals surface area contributed by atoms with Gasteiger partial charge in [0.25, 0.3) is 5.69 Å². The first-order valence-electron chi connectivity index (χ1n) is 6.08. The molecular formula is C14H10Cl2N2O4. The van der Waals surface area contributed by atoms with Gasteiger partial charge in [0.05, 0.1) is 17.0 Å². The zero-order chi connectivity index (χ0) is 16.3. The Balaban J connectivity index is 2.19. The van der Waals surface area contributed by atoms with Crippen molar-refractivity contribution >= 4 is 40.5 Å². The van der Waals surface area contributed by atoms with Gasteiger partial charge in [0.15, 0.2) is 0 Å². The van der Waals surface area contributed by atoms with Crippen LogP contribution in [0.25, 0.3) is 0 Å². The summed E-state index contributed by atoms with van der Waals surface area (Å²) >= 11 is 11.9. The van der Waals surface area contributed by atoms with Crippen LogP contribution in [0.15, 0.2) is 36.4 Å². The number of nitrogens with zero attached hydrogens (tertiary/aromatic N) is 1. The first-order valence-corrected chi connectivity index (χ1v) is 6.84. The summed E-state index contributed by atoms with van der Waals surface area (Å²) < 4.78 is 0. The number of amides is 1. The van der Waals surface area contributed by atoms with Crippen molar-refractivity contribution in [2.45, 2.75) is 6.42 Å². The number of carbonyl (C=O) groups excluding carboxylic acids is 1. The number of nitrogens with one attached hydrogen (secondary N) is 1. The Morgan fingerprint density at radius 2 is 1.86 bits per heavy atom. The van der Waals surface area contributed by atoms with Gasteiger partial charge in [0.1, 0.15) is 5.75 Å². The number of nitro benzene ring substituents is 1. The van der Waals surface area contributed by atoms with Crippen molar-refractivity contribution < 1.29 is 14.8 Å². The molecule has 0 radical (unpaired) electrons. The number of aromatic hydroxyl groups is 1.